The Morgan fingerprint density at radius 2 is 2.16 bits per heavy atom. The third-order valence-corrected chi connectivity index (χ3v) is 7.54. The van der Waals surface area contributed by atoms with Crippen molar-refractivity contribution >= 4 is 39.2 Å². The van der Waals surface area contributed by atoms with E-state index in [1.807, 2.05) is 36.6 Å². The van der Waals surface area contributed by atoms with Crippen LogP contribution in [0.15, 0.2) is 52.3 Å². The van der Waals surface area contributed by atoms with Crippen molar-refractivity contribution in [3.8, 4) is 17.2 Å². The van der Waals surface area contributed by atoms with Crippen molar-refractivity contribution in [1.29, 1.82) is 5.26 Å². The van der Waals surface area contributed by atoms with Gasteiger partial charge in [-0.15, -0.1) is 17.9 Å². The number of nitrogens with zero attached hydrogens (tertiary/aromatic N) is 3. The smallest absolute Gasteiger partial charge is 0.263 e. The second-order valence-corrected chi connectivity index (χ2v) is 10.0. The number of hydrogen-bond acceptors (Lipinski definition) is 6. The summed E-state index contributed by atoms with van der Waals surface area (Å²) in [6, 6.07) is 10.3. The second kappa shape index (κ2) is 8.93. The number of thiophene rings is 1. The SMILES string of the molecule is C=CCn1c(SCC(=O)NC(C)(C#N)C2CC2)nc2scc(-c3ccc(C)cc3)c2c1=O. The molecule has 1 aliphatic carbocycles. The van der Waals surface area contributed by atoms with Crippen LogP contribution in [0.1, 0.15) is 25.3 Å². The maximum atomic E-state index is 13.4. The number of thioether (sulfide) groups is 1. The van der Waals surface area contributed by atoms with Gasteiger partial charge >= 0.3 is 0 Å². The van der Waals surface area contributed by atoms with E-state index in [9.17, 15) is 14.9 Å². The fraction of sp³-hybridized carbons (Fsp3) is 0.333. The Morgan fingerprint density at radius 3 is 2.78 bits per heavy atom. The normalized spacial score (nSPS) is 15.2. The maximum Gasteiger partial charge on any atom is 0.263 e. The topological polar surface area (TPSA) is 87.8 Å². The van der Waals surface area contributed by atoms with Crippen LogP contribution in [-0.2, 0) is 11.3 Å². The van der Waals surface area contributed by atoms with E-state index in [0.29, 0.717) is 21.9 Å². The highest BCUT2D eigenvalue weighted by Gasteiger charge is 2.43. The molecule has 1 aromatic carbocycles. The molecule has 0 aliphatic heterocycles. The van der Waals surface area contributed by atoms with Crippen LogP contribution in [-0.4, -0.2) is 26.8 Å². The largest absolute Gasteiger partial charge is 0.337 e. The number of carbonyl (C=O) groups excluding carboxylic acids is 1. The predicted octanol–water partition coefficient (Wildman–Crippen LogP) is 4.52. The Kier molecular flexibility index (Phi) is 6.22. The first kappa shape index (κ1) is 22.3. The average molecular weight is 465 g/mol. The molecular weight excluding hydrogens is 440 g/mol. The van der Waals surface area contributed by atoms with Crippen LogP contribution in [0, 0.1) is 24.2 Å². The van der Waals surface area contributed by atoms with Crippen LogP contribution < -0.4 is 10.9 Å². The number of allylic oxidation sites excluding steroid dienone is 1. The minimum Gasteiger partial charge on any atom is -0.337 e. The van der Waals surface area contributed by atoms with Crippen LogP contribution in [0.3, 0.4) is 0 Å². The Morgan fingerprint density at radius 1 is 1.44 bits per heavy atom. The van der Waals surface area contributed by atoms with Crippen molar-refractivity contribution in [2.45, 2.75) is 43.9 Å². The van der Waals surface area contributed by atoms with Gasteiger partial charge in [0.2, 0.25) is 5.91 Å². The van der Waals surface area contributed by atoms with E-state index < -0.39 is 5.54 Å². The molecule has 1 saturated carbocycles. The summed E-state index contributed by atoms with van der Waals surface area (Å²) in [5.74, 6) is 0.0492. The van der Waals surface area contributed by atoms with E-state index in [4.69, 9.17) is 4.98 Å². The van der Waals surface area contributed by atoms with E-state index in [2.05, 4.69) is 18.0 Å². The lowest BCUT2D eigenvalue weighted by atomic mass is 9.98. The van der Waals surface area contributed by atoms with Gasteiger partial charge in [0.05, 0.1) is 17.2 Å². The van der Waals surface area contributed by atoms with Crippen molar-refractivity contribution < 1.29 is 4.79 Å². The molecule has 0 spiro atoms. The minimum absolute atomic E-state index is 0.0786. The molecule has 4 rings (SSSR count). The van der Waals surface area contributed by atoms with Gasteiger partial charge in [-0.1, -0.05) is 47.7 Å². The molecule has 32 heavy (non-hydrogen) atoms. The summed E-state index contributed by atoms with van der Waals surface area (Å²) in [6.45, 7) is 7.86. The van der Waals surface area contributed by atoms with Gasteiger partial charge in [-0.3, -0.25) is 14.2 Å². The average Bonchev–Trinajstić information content (AvgIpc) is 3.56. The van der Waals surface area contributed by atoms with E-state index in [1.165, 1.54) is 23.1 Å². The first-order valence-corrected chi connectivity index (χ1v) is 12.3. The number of hydrogen-bond donors (Lipinski definition) is 1. The third kappa shape index (κ3) is 4.36. The molecule has 1 amide bonds. The summed E-state index contributed by atoms with van der Waals surface area (Å²) in [5.41, 5.74) is 2.01. The summed E-state index contributed by atoms with van der Waals surface area (Å²) >= 11 is 2.62. The summed E-state index contributed by atoms with van der Waals surface area (Å²) in [6.07, 6.45) is 3.56. The van der Waals surface area contributed by atoms with Crippen LogP contribution in [0.25, 0.3) is 21.3 Å². The third-order valence-electron chi connectivity index (χ3n) is 5.69. The monoisotopic (exact) mass is 464 g/mol. The molecule has 8 heteroatoms. The molecule has 1 aliphatic rings. The van der Waals surface area contributed by atoms with Gasteiger partial charge in [-0.25, -0.2) is 4.98 Å². The van der Waals surface area contributed by atoms with Gasteiger partial charge in [0.25, 0.3) is 5.56 Å². The molecule has 6 nitrogen and oxygen atoms in total. The number of nitrogens with one attached hydrogen (secondary N) is 1. The predicted molar refractivity (Wildman–Crippen MR) is 130 cm³/mol. The minimum atomic E-state index is -0.841. The quantitative estimate of drug-likeness (QED) is 0.301. The maximum absolute atomic E-state index is 13.4. The van der Waals surface area contributed by atoms with E-state index in [1.54, 1.807) is 17.6 Å². The van der Waals surface area contributed by atoms with Gasteiger partial charge in [0.15, 0.2) is 5.16 Å². The lowest BCUT2D eigenvalue weighted by Gasteiger charge is -2.22. The van der Waals surface area contributed by atoms with Crippen LogP contribution in [0.4, 0.5) is 0 Å². The summed E-state index contributed by atoms with van der Waals surface area (Å²) in [4.78, 5) is 31.3. The fourth-order valence-electron chi connectivity index (χ4n) is 3.69. The molecule has 0 bridgehead atoms. The molecule has 1 unspecified atom stereocenters. The number of carbonyl (C=O) groups is 1. The number of nitriles is 1. The van der Waals surface area contributed by atoms with Gasteiger partial charge in [-0.2, -0.15) is 5.26 Å². The first-order chi connectivity index (χ1) is 15.4. The molecule has 164 valence electrons. The first-order valence-electron chi connectivity index (χ1n) is 10.4. The fourth-order valence-corrected chi connectivity index (χ4v) is 5.49. The number of rotatable bonds is 8. The highest BCUT2D eigenvalue weighted by Crippen LogP contribution is 2.39. The zero-order valence-electron chi connectivity index (χ0n) is 18.1. The van der Waals surface area contributed by atoms with Crippen LogP contribution in [0.5, 0.6) is 0 Å². The Labute approximate surface area is 195 Å². The molecule has 1 atom stereocenters. The number of amides is 1. The van der Waals surface area contributed by atoms with Crippen LogP contribution >= 0.6 is 23.1 Å². The Hall–Kier alpha value is -2.89. The molecular formula is C24H24N4O2S2. The zero-order valence-corrected chi connectivity index (χ0v) is 19.7. The second-order valence-electron chi connectivity index (χ2n) is 8.22. The molecule has 0 saturated heterocycles. The number of aryl methyl sites for hydroxylation is 1. The highest BCUT2D eigenvalue weighted by atomic mass is 32.2. The van der Waals surface area contributed by atoms with Crippen molar-refractivity contribution in [3.63, 3.8) is 0 Å². The van der Waals surface area contributed by atoms with E-state index in [0.717, 1.165) is 29.5 Å². The van der Waals surface area contributed by atoms with Gasteiger partial charge < -0.3 is 5.32 Å². The van der Waals surface area contributed by atoms with Crippen molar-refractivity contribution in [2.24, 2.45) is 5.92 Å². The van der Waals surface area contributed by atoms with Gasteiger partial charge in [0, 0.05) is 17.5 Å². The van der Waals surface area contributed by atoms with E-state index in [-0.39, 0.29) is 23.1 Å². The molecule has 2 aromatic heterocycles. The summed E-state index contributed by atoms with van der Waals surface area (Å²) in [7, 11) is 0. The molecule has 2 heterocycles. The van der Waals surface area contributed by atoms with Gasteiger partial charge in [-0.05, 0) is 38.2 Å². The highest BCUT2D eigenvalue weighted by molar-refractivity contribution is 7.99. The van der Waals surface area contributed by atoms with Crippen molar-refractivity contribution in [2.75, 3.05) is 5.75 Å². The van der Waals surface area contributed by atoms with Crippen molar-refractivity contribution in [3.05, 3.63) is 58.2 Å². The Balaban J connectivity index is 1.63. The summed E-state index contributed by atoms with van der Waals surface area (Å²) < 4.78 is 1.56. The molecule has 1 N–H and O–H groups in total. The van der Waals surface area contributed by atoms with Gasteiger partial charge in [0.1, 0.15) is 10.4 Å². The number of aromatic nitrogens is 2. The van der Waals surface area contributed by atoms with Crippen molar-refractivity contribution in [1.82, 2.24) is 14.9 Å². The molecule has 3 aromatic rings. The lowest BCUT2D eigenvalue weighted by Crippen LogP contribution is -2.47. The number of fused-ring (bicyclic) bond motifs is 1. The Bertz CT molecular complexity index is 1280. The summed E-state index contributed by atoms with van der Waals surface area (Å²) in [5, 5.41) is 15.3. The lowest BCUT2D eigenvalue weighted by molar-refractivity contribution is -0.119. The number of benzene rings is 1. The zero-order chi connectivity index (χ0) is 22.9. The molecule has 1 fully saturated rings. The van der Waals surface area contributed by atoms with E-state index >= 15 is 0 Å². The molecule has 0 radical (unpaired) electrons. The van der Waals surface area contributed by atoms with Crippen LogP contribution in [0.2, 0.25) is 0 Å². The standard InChI is InChI=1S/C24H24N4O2S2/c1-4-11-28-22(30)20-18(16-7-5-15(2)6-8-16)12-31-21(20)26-23(28)32-13-19(29)27-24(3,14-25)17-9-10-17/h4-8,12,17H,1,9-11,13H2,2-3H3,(H,27,29).